The van der Waals surface area contributed by atoms with Crippen LogP contribution in [0.15, 0.2) is 54.6 Å². The van der Waals surface area contributed by atoms with Crippen molar-refractivity contribution in [3.8, 4) is 5.69 Å². The molecule has 0 spiro atoms. The summed E-state index contributed by atoms with van der Waals surface area (Å²) in [5, 5.41) is 4.66. The summed E-state index contributed by atoms with van der Waals surface area (Å²) in [4.78, 5) is 15.2. The molecular formula is C23H24FN3O2. The van der Waals surface area contributed by atoms with Crippen LogP contribution >= 0.6 is 0 Å². The van der Waals surface area contributed by atoms with Crippen molar-refractivity contribution < 1.29 is 13.9 Å². The molecule has 150 valence electrons. The number of carbonyl (C=O) groups is 1. The summed E-state index contributed by atoms with van der Waals surface area (Å²) in [5.41, 5.74) is 4.39. The summed E-state index contributed by atoms with van der Waals surface area (Å²) < 4.78 is 20.4. The molecule has 0 unspecified atom stereocenters. The minimum atomic E-state index is -0.289. The van der Waals surface area contributed by atoms with Gasteiger partial charge in [-0.2, -0.15) is 5.10 Å². The molecule has 5 nitrogen and oxygen atoms in total. The highest BCUT2D eigenvalue weighted by Crippen LogP contribution is 2.29. The number of ether oxygens (including phenoxy) is 1. The van der Waals surface area contributed by atoms with Gasteiger partial charge in [0, 0.05) is 31.5 Å². The molecule has 1 aromatic heterocycles. The first kappa shape index (κ1) is 19.3. The van der Waals surface area contributed by atoms with Gasteiger partial charge in [0.1, 0.15) is 5.82 Å². The molecule has 6 heteroatoms. The van der Waals surface area contributed by atoms with Crippen LogP contribution in [0.1, 0.15) is 33.7 Å². The van der Waals surface area contributed by atoms with Crippen molar-refractivity contribution in [2.75, 3.05) is 20.3 Å². The van der Waals surface area contributed by atoms with Gasteiger partial charge < -0.3 is 9.64 Å². The SMILES string of the molecule is COCCN(Cc1ccccc1)C(=O)c1nn(-c2ccc(F)cc2)c2c1CCC2. The van der Waals surface area contributed by atoms with E-state index < -0.39 is 0 Å². The summed E-state index contributed by atoms with van der Waals surface area (Å²) in [6, 6.07) is 16.1. The fourth-order valence-corrected chi connectivity index (χ4v) is 3.81. The lowest BCUT2D eigenvalue weighted by Gasteiger charge is -2.22. The predicted octanol–water partition coefficient (Wildman–Crippen LogP) is 3.79. The maximum atomic E-state index is 13.4. The maximum Gasteiger partial charge on any atom is 0.275 e. The quantitative estimate of drug-likeness (QED) is 0.614. The van der Waals surface area contributed by atoms with Gasteiger partial charge in [0.05, 0.1) is 12.3 Å². The van der Waals surface area contributed by atoms with Crippen LogP contribution < -0.4 is 0 Å². The highest BCUT2D eigenvalue weighted by Gasteiger charge is 2.29. The van der Waals surface area contributed by atoms with Crippen LogP contribution in [0.2, 0.25) is 0 Å². The summed E-state index contributed by atoms with van der Waals surface area (Å²) in [5.74, 6) is -0.382. The number of rotatable bonds is 7. The molecule has 29 heavy (non-hydrogen) atoms. The average molecular weight is 393 g/mol. The van der Waals surface area contributed by atoms with E-state index in [2.05, 4.69) is 5.10 Å². The Morgan fingerprint density at radius 3 is 2.62 bits per heavy atom. The van der Waals surface area contributed by atoms with E-state index in [-0.39, 0.29) is 11.7 Å². The first-order valence-electron chi connectivity index (χ1n) is 9.86. The van der Waals surface area contributed by atoms with Gasteiger partial charge in [-0.3, -0.25) is 4.79 Å². The van der Waals surface area contributed by atoms with Crippen molar-refractivity contribution >= 4 is 5.91 Å². The molecule has 3 aromatic rings. The molecule has 4 rings (SSSR count). The minimum absolute atomic E-state index is 0.0927. The summed E-state index contributed by atoms with van der Waals surface area (Å²) in [6.45, 7) is 1.45. The fraction of sp³-hybridized carbons (Fsp3) is 0.304. The molecule has 1 heterocycles. The summed E-state index contributed by atoms with van der Waals surface area (Å²) in [7, 11) is 1.63. The van der Waals surface area contributed by atoms with Crippen molar-refractivity contribution in [1.29, 1.82) is 0 Å². The molecule has 0 aliphatic heterocycles. The van der Waals surface area contributed by atoms with Gasteiger partial charge in [-0.15, -0.1) is 0 Å². The zero-order valence-electron chi connectivity index (χ0n) is 16.5. The number of hydrogen-bond acceptors (Lipinski definition) is 3. The lowest BCUT2D eigenvalue weighted by atomic mass is 10.1. The lowest BCUT2D eigenvalue weighted by Crippen LogP contribution is -2.34. The van der Waals surface area contributed by atoms with Crippen LogP contribution in [0.4, 0.5) is 4.39 Å². The van der Waals surface area contributed by atoms with Crippen LogP contribution in [0, 0.1) is 5.82 Å². The van der Waals surface area contributed by atoms with Gasteiger partial charge >= 0.3 is 0 Å². The first-order chi connectivity index (χ1) is 14.2. The second-order valence-corrected chi connectivity index (χ2v) is 7.22. The molecule has 1 amide bonds. The van der Waals surface area contributed by atoms with E-state index >= 15 is 0 Å². The van der Waals surface area contributed by atoms with Crippen molar-refractivity contribution in [2.24, 2.45) is 0 Å². The van der Waals surface area contributed by atoms with E-state index in [4.69, 9.17) is 4.74 Å². The molecule has 0 fully saturated rings. The Morgan fingerprint density at radius 1 is 1.14 bits per heavy atom. The molecule has 0 bridgehead atoms. The molecular weight excluding hydrogens is 369 g/mol. The Labute approximate surface area is 169 Å². The smallest absolute Gasteiger partial charge is 0.275 e. The monoisotopic (exact) mass is 393 g/mol. The standard InChI is InChI=1S/C23H24FN3O2/c1-29-15-14-26(16-17-6-3-2-4-7-17)23(28)22-20-8-5-9-21(20)27(25-22)19-12-10-18(24)11-13-19/h2-4,6-7,10-13H,5,8-9,14-16H2,1H3. The highest BCUT2D eigenvalue weighted by atomic mass is 19.1. The molecule has 0 radical (unpaired) electrons. The lowest BCUT2D eigenvalue weighted by molar-refractivity contribution is 0.0673. The molecule has 0 atom stereocenters. The number of nitrogens with zero attached hydrogens (tertiary/aromatic N) is 3. The second-order valence-electron chi connectivity index (χ2n) is 7.22. The van der Waals surface area contributed by atoms with Gasteiger partial charge in [0.15, 0.2) is 5.69 Å². The first-order valence-corrected chi connectivity index (χ1v) is 9.86. The van der Waals surface area contributed by atoms with E-state index in [0.29, 0.717) is 25.4 Å². The molecule has 2 aromatic carbocycles. The molecule has 0 saturated carbocycles. The van der Waals surface area contributed by atoms with E-state index in [1.54, 1.807) is 28.8 Å². The number of amides is 1. The number of hydrogen-bond donors (Lipinski definition) is 0. The Bertz CT molecular complexity index is 983. The Morgan fingerprint density at radius 2 is 1.90 bits per heavy atom. The predicted molar refractivity (Wildman–Crippen MR) is 109 cm³/mol. The zero-order valence-corrected chi connectivity index (χ0v) is 16.5. The van der Waals surface area contributed by atoms with Gasteiger partial charge in [-0.1, -0.05) is 30.3 Å². The Hall–Kier alpha value is -2.99. The number of aromatic nitrogens is 2. The van der Waals surface area contributed by atoms with Crippen LogP contribution in [-0.2, 0) is 24.1 Å². The third-order valence-electron chi connectivity index (χ3n) is 5.27. The van der Waals surface area contributed by atoms with Crippen LogP contribution in [0.5, 0.6) is 0 Å². The maximum absolute atomic E-state index is 13.4. The number of carbonyl (C=O) groups excluding carboxylic acids is 1. The van der Waals surface area contributed by atoms with E-state index in [1.165, 1.54) is 12.1 Å². The second kappa shape index (κ2) is 8.57. The molecule has 0 N–H and O–H groups in total. The minimum Gasteiger partial charge on any atom is -0.383 e. The van der Waals surface area contributed by atoms with Crippen molar-refractivity contribution in [2.45, 2.75) is 25.8 Å². The molecule has 0 saturated heterocycles. The zero-order chi connectivity index (χ0) is 20.2. The van der Waals surface area contributed by atoms with Gasteiger partial charge in [0.2, 0.25) is 0 Å². The Balaban J connectivity index is 1.67. The van der Waals surface area contributed by atoms with Crippen molar-refractivity contribution in [3.05, 3.63) is 82.9 Å². The normalized spacial score (nSPS) is 12.8. The van der Waals surface area contributed by atoms with E-state index in [9.17, 15) is 9.18 Å². The van der Waals surface area contributed by atoms with Crippen LogP contribution in [0.3, 0.4) is 0 Å². The third-order valence-corrected chi connectivity index (χ3v) is 5.27. The summed E-state index contributed by atoms with van der Waals surface area (Å²) >= 11 is 0. The van der Waals surface area contributed by atoms with E-state index in [0.717, 1.165) is 41.8 Å². The van der Waals surface area contributed by atoms with E-state index in [1.807, 2.05) is 30.3 Å². The van der Waals surface area contributed by atoms with Crippen LogP contribution in [-0.4, -0.2) is 40.8 Å². The third kappa shape index (κ3) is 4.07. The molecule has 1 aliphatic carbocycles. The highest BCUT2D eigenvalue weighted by molar-refractivity contribution is 5.94. The van der Waals surface area contributed by atoms with Crippen LogP contribution in [0.25, 0.3) is 5.69 Å². The Kier molecular flexibility index (Phi) is 5.71. The average Bonchev–Trinajstić information content (AvgIpc) is 3.35. The molecule has 1 aliphatic rings. The van der Waals surface area contributed by atoms with Gasteiger partial charge in [-0.25, -0.2) is 9.07 Å². The largest absolute Gasteiger partial charge is 0.383 e. The number of halogens is 1. The van der Waals surface area contributed by atoms with Gasteiger partial charge in [-0.05, 0) is 49.1 Å². The van der Waals surface area contributed by atoms with Crippen molar-refractivity contribution in [3.63, 3.8) is 0 Å². The van der Waals surface area contributed by atoms with Crippen molar-refractivity contribution in [1.82, 2.24) is 14.7 Å². The fourth-order valence-electron chi connectivity index (χ4n) is 3.81. The topological polar surface area (TPSA) is 47.4 Å². The van der Waals surface area contributed by atoms with Gasteiger partial charge in [0.25, 0.3) is 5.91 Å². The summed E-state index contributed by atoms with van der Waals surface area (Å²) in [6.07, 6.45) is 2.69. The number of methoxy groups -OCH3 is 1. The number of benzene rings is 2. The number of fused-ring (bicyclic) bond motifs is 1.